The summed E-state index contributed by atoms with van der Waals surface area (Å²) in [5.74, 6) is 2.91. The van der Waals surface area contributed by atoms with Gasteiger partial charge in [-0.15, -0.1) is 24.0 Å². The molecule has 31 heavy (non-hydrogen) atoms. The van der Waals surface area contributed by atoms with E-state index in [0.717, 1.165) is 44.0 Å². The molecule has 2 aromatic rings. The number of rotatable bonds is 7. The number of aryl methyl sites for hydroxylation is 1. The Morgan fingerprint density at radius 3 is 2.71 bits per heavy atom. The fourth-order valence-electron chi connectivity index (χ4n) is 3.29. The first kappa shape index (κ1) is 25.1. The number of benzene rings is 1. The van der Waals surface area contributed by atoms with Gasteiger partial charge in [-0.2, -0.15) is 5.10 Å². The van der Waals surface area contributed by atoms with Crippen molar-refractivity contribution in [2.45, 2.75) is 51.6 Å². The molecule has 2 N–H and O–H groups in total. The molecule has 1 atom stereocenters. The molecule has 1 aliphatic heterocycles. The standard InChI is InChI=1S/C22H33N7O.HI/c1-16(2)21-26-19-11-10-18(15-29(19)27-21)25-22(24-14-20(30)28(3)4)23-13-12-17-8-6-5-7-9-17;/h5-9,16,18H,10-15H2,1-4H3,(H2,23,24,25);1H. The Labute approximate surface area is 201 Å². The molecule has 170 valence electrons. The number of fused-ring (bicyclic) bond motifs is 1. The molecule has 0 saturated heterocycles. The van der Waals surface area contributed by atoms with E-state index in [1.54, 1.807) is 19.0 Å². The highest BCUT2D eigenvalue weighted by Crippen LogP contribution is 2.17. The SMILES string of the molecule is CC(C)c1nc2n(n1)CC(NC(=NCC(=O)N(C)C)NCCc1ccccc1)CC2.I. The maximum absolute atomic E-state index is 12.0. The van der Waals surface area contributed by atoms with Crippen LogP contribution in [0.3, 0.4) is 0 Å². The zero-order chi connectivity index (χ0) is 21.5. The minimum Gasteiger partial charge on any atom is -0.356 e. The van der Waals surface area contributed by atoms with Crippen molar-refractivity contribution in [2.75, 3.05) is 27.2 Å². The van der Waals surface area contributed by atoms with E-state index >= 15 is 0 Å². The molecule has 0 aliphatic carbocycles. The first-order valence-electron chi connectivity index (χ1n) is 10.6. The average Bonchev–Trinajstić information content (AvgIpc) is 3.16. The van der Waals surface area contributed by atoms with Crippen LogP contribution < -0.4 is 10.6 Å². The zero-order valence-corrected chi connectivity index (χ0v) is 21.2. The number of hydrogen-bond acceptors (Lipinski definition) is 4. The van der Waals surface area contributed by atoms with Crippen molar-refractivity contribution in [1.29, 1.82) is 0 Å². The minimum atomic E-state index is -0.0251. The van der Waals surface area contributed by atoms with Crippen molar-refractivity contribution in [3.05, 3.63) is 47.5 Å². The van der Waals surface area contributed by atoms with E-state index < -0.39 is 0 Å². The Morgan fingerprint density at radius 2 is 2.03 bits per heavy atom. The number of guanidine groups is 1. The molecule has 1 aliphatic rings. The molecule has 0 radical (unpaired) electrons. The van der Waals surface area contributed by atoms with Crippen molar-refractivity contribution < 1.29 is 4.79 Å². The van der Waals surface area contributed by atoms with Gasteiger partial charge in [-0.3, -0.25) is 4.79 Å². The summed E-state index contributed by atoms with van der Waals surface area (Å²) in [5.41, 5.74) is 1.26. The van der Waals surface area contributed by atoms with E-state index in [0.29, 0.717) is 11.9 Å². The number of nitrogens with one attached hydrogen (secondary N) is 2. The molecule has 0 fully saturated rings. The number of carbonyl (C=O) groups excluding carboxylic acids is 1. The van der Waals surface area contributed by atoms with Gasteiger partial charge in [0.25, 0.3) is 0 Å². The molecule has 3 rings (SSSR count). The van der Waals surface area contributed by atoms with E-state index in [9.17, 15) is 4.79 Å². The first-order valence-corrected chi connectivity index (χ1v) is 10.6. The van der Waals surface area contributed by atoms with Gasteiger partial charge in [-0.25, -0.2) is 14.7 Å². The molecule has 1 aromatic heterocycles. The molecule has 1 amide bonds. The molecule has 0 bridgehead atoms. The second-order valence-corrected chi connectivity index (χ2v) is 8.22. The summed E-state index contributed by atoms with van der Waals surface area (Å²) in [4.78, 5) is 22.7. The number of likely N-dealkylation sites (N-methyl/N-ethyl adjacent to an activating group) is 1. The van der Waals surface area contributed by atoms with Gasteiger partial charge in [0.05, 0.1) is 6.54 Å². The largest absolute Gasteiger partial charge is 0.356 e. The predicted molar refractivity (Wildman–Crippen MR) is 134 cm³/mol. The summed E-state index contributed by atoms with van der Waals surface area (Å²) in [6.07, 6.45) is 2.72. The van der Waals surface area contributed by atoms with E-state index in [2.05, 4.69) is 51.7 Å². The summed E-state index contributed by atoms with van der Waals surface area (Å²) in [6.45, 7) is 5.83. The molecular formula is C22H34IN7O. The highest BCUT2D eigenvalue weighted by Gasteiger charge is 2.23. The predicted octanol–water partition coefficient (Wildman–Crippen LogP) is 2.20. The van der Waals surface area contributed by atoms with Crippen LogP contribution in [0.5, 0.6) is 0 Å². The molecule has 9 heteroatoms. The van der Waals surface area contributed by atoms with Crippen LogP contribution in [0.1, 0.15) is 43.4 Å². The monoisotopic (exact) mass is 539 g/mol. The normalized spacial score (nSPS) is 15.8. The molecule has 0 saturated carbocycles. The smallest absolute Gasteiger partial charge is 0.243 e. The number of carbonyl (C=O) groups is 1. The van der Waals surface area contributed by atoms with Crippen LogP contribution >= 0.6 is 24.0 Å². The topological polar surface area (TPSA) is 87.4 Å². The van der Waals surface area contributed by atoms with Gasteiger partial charge >= 0.3 is 0 Å². The van der Waals surface area contributed by atoms with E-state index in [1.165, 1.54) is 5.56 Å². The van der Waals surface area contributed by atoms with Gasteiger partial charge < -0.3 is 15.5 Å². The summed E-state index contributed by atoms with van der Waals surface area (Å²) < 4.78 is 2.00. The Morgan fingerprint density at radius 1 is 1.29 bits per heavy atom. The zero-order valence-electron chi connectivity index (χ0n) is 18.8. The lowest BCUT2D eigenvalue weighted by molar-refractivity contribution is -0.127. The van der Waals surface area contributed by atoms with E-state index in [4.69, 9.17) is 0 Å². The van der Waals surface area contributed by atoms with Gasteiger partial charge in [0.2, 0.25) is 5.91 Å². The summed E-state index contributed by atoms with van der Waals surface area (Å²) in [7, 11) is 3.49. The van der Waals surface area contributed by atoms with Crippen LogP contribution in [0.25, 0.3) is 0 Å². The molecule has 2 heterocycles. The maximum Gasteiger partial charge on any atom is 0.243 e. The highest BCUT2D eigenvalue weighted by molar-refractivity contribution is 14.0. The Balaban J connectivity index is 0.00000341. The van der Waals surface area contributed by atoms with Crippen LogP contribution in [0.15, 0.2) is 35.3 Å². The van der Waals surface area contributed by atoms with E-state index in [1.807, 2.05) is 22.9 Å². The number of nitrogens with zero attached hydrogens (tertiary/aromatic N) is 5. The van der Waals surface area contributed by atoms with Crippen LogP contribution in [-0.4, -0.2) is 64.8 Å². The van der Waals surface area contributed by atoms with Gasteiger partial charge in [0, 0.05) is 39.0 Å². The van der Waals surface area contributed by atoms with Crippen molar-refractivity contribution in [1.82, 2.24) is 30.3 Å². The Hall–Kier alpha value is -2.17. The van der Waals surface area contributed by atoms with Gasteiger partial charge in [0.1, 0.15) is 12.4 Å². The lowest BCUT2D eigenvalue weighted by atomic mass is 10.1. The molecule has 0 spiro atoms. The quantitative estimate of drug-likeness (QED) is 0.320. The second-order valence-electron chi connectivity index (χ2n) is 8.22. The minimum absolute atomic E-state index is 0. The number of halogens is 1. The second kappa shape index (κ2) is 12.0. The lowest BCUT2D eigenvalue weighted by Gasteiger charge is -2.25. The molecule has 1 unspecified atom stereocenters. The highest BCUT2D eigenvalue weighted by atomic mass is 127. The third-order valence-electron chi connectivity index (χ3n) is 5.15. The fourth-order valence-corrected chi connectivity index (χ4v) is 3.29. The van der Waals surface area contributed by atoms with Crippen LogP contribution in [0, 0.1) is 0 Å². The van der Waals surface area contributed by atoms with Crippen LogP contribution in [0.4, 0.5) is 0 Å². The van der Waals surface area contributed by atoms with Crippen molar-refractivity contribution in [2.24, 2.45) is 4.99 Å². The molecule has 1 aromatic carbocycles. The lowest BCUT2D eigenvalue weighted by Crippen LogP contribution is -2.48. The summed E-state index contributed by atoms with van der Waals surface area (Å²) >= 11 is 0. The van der Waals surface area contributed by atoms with Crippen LogP contribution in [0.2, 0.25) is 0 Å². The van der Waals surface area contributed by atoms with Crippen LogP contribution in [-0.2, 0) is 24.2 Å². The van der Waals surface area contributed by atoms with Gasteiger partial charge in [-0.1, -0.05) is 44.2 Å². The third-order valence-corrected chi connectivity index (χ3v) is 5.15. The molecule has 8 nitrogen and oxygen atoms in total. The van der Waals surface area contributed by atoms with Crippen molar-refractivity contribution >= 4 is 35.8 Å². The summed E-state index contributed by atoms with van der Waals surface area (Å²) in [6, 6.07) is 10.5. The number of aliphatic imine (C=N–C) groups is 1. The van der Waals surface area contributed by atoms with Gasteiger partial charge in [0.15, 0.2) is 11.8 Å². The maximum atomic E-state index is 12.0. The Kier molecular flexibility index (Phi) is 9.73. The Bertz CT molecular complexity index is 864. The van der Waals surface area contributed by atoms with E-state index in [-0.39, 0.29) is 42.5 Å². The number of aromatic nitrogens is 3. The number of hydrogen-bond donors (Lipinski definition) is 2. The third kappa shape index (κ3) is 7.48. The fraction of sp³-hybridized carbons (Fsp3) is 0.545. The number of amides is 1. The summed E-state index contributed by atoms with van der Waals surface area (Å²) in [5, 5.41) is 11.5. The van der Waals surface area contributed by atoms with Gasteiger partial charge in [-0.05, 0) is 18.4 Å². The first-order chi connectivity index (χ1) is 14.4. The van der Waals surface area contributed by atoms with Crippen molar-refractivity contribution in [3.63, 3.8) is 0 Å². The van der Waals surface area contributed by atoms with Crippen molar-refractivity contribution in [3.8, 4) is 0 Å². The molecular weight excluding hydrogens is 505 g/mol. The average molecular weight is 539 g/mol.